The number of fused-ring (bicyclic) bond motifs is 1. The van der Waals surface area contributed by atoms with Gasteiger partial charge < -0.3 is 15.5 Å². The third-order valence-corrected chi connectivity index (χ3v) is 3.00. The summed E-state index contributed by atoms with van der Waals surface area (Å²) in [4.78, 5) is 11.9. The Morgan fingerprint density at radius 1 is 1.26 bits per heavy atom. The number of ether oxygens (including phenoxy) is 1. The number of H-pyrrole nitrogens is 1. The number of methoxy groups -OCH3 is 1. The molecule has 3 aromatic rings. The van der Waals surface area contributed by atoms with E-state index >= 15 is 0 Å². The summed E-state index contributed by atoms with van der Waals surface area (Å²) in [7, 11) is 1.65. The summed E-state index contributed by atoms with van der Waals surface area (Å²) in [5.41, 5.74) is 9.07. The van der Waals surface area contributed by atoms with Crippen LogP contribution in [0.4, 0.5) is 0 Å². The average Bonchev–Trinajstić information content (AvgIpc) is 2.90. The van der Waals surface area contributed by atoms with Crippen molar-refractivity contribution in [3.05, 3.63) is 42.4 Å². The molecule has 0 atom stereocenters. The van der Waals surface area contributed by atoms with Crippen LogP contribution in [0.1, 0.15) is 5.69 Å². The molecule has 0 aliphatic carbocycles. The van der Waals surface area contributed by atoms with Gasteiger partial charge in [-0.05, 0) is 18.2 Å². The molecule has 2 heterocycles. The first-order valence-electron chi connectivity index (χ1n) is 5.98. The van der Waals surface area contributed by atoms with Gasteiger partial charge in [0.2, 0.25) is 0 Å². The number of aromatic nitrogens is 3. The van der Waals surface area contributed by atoms with Gasteiger partial charge in [0.15, 0.2) is 0 Å². The fraction of sp³-hybridized carbons (Fsp3) is 0.143. The van der Waals surface area contributed by atoms with Gasteiger partial charge in [-0.15, -0.1) is 0 Å². The first-order valence-corrected chi connectivity index (χ1v) is 5.98. The lowest BCUT2D eigenvalue weighted by molar-refractivity contribution is 0.415. The molecular weight excluding hydrogens is 240 g/mol. The second-order valence-electron chi connectivity index (χ2n) is 4.24. The molecule has 96 valence electrons. The van der Waals surface area contributed by atoms with Gasteiger partial charge in [0, 0.05) is 29.7 Å². The summed E-state index contributed by atoms with van der Waals surface area (Å²) in [6.45, 7) is 0.384. The maximum Gasteiger partial charge on any atom is 0.120 e. The molecule has 5 nitrogen and oxygen atoms in total. The lowest BCUT2D eigenvalue weighted by atomic mass is 10.2. The summed E-state index contributed by atoms with van der Waals surface area (Å²) in [5, 5.41) is 1.11. The Morgan fingerprint density at radius 3 is 2.95 bits per heavy atom. The zero-order chi connectivity index (χ0) is 13.2. The van der Waals surface area contributed by atoms with E-state index in [9.17, 15) is 0 Å². The lowest BCUT2D eigenvalue weighted by Gasteiger charge is -1.99. The van der Waals surface area contributed by atoms with Crippen LogP contribution in [0.2, 0.25) is 0 Å². The highest BCUT2D eigenvalue weighted by Gasteiger charge is 2.06. The molecule has 19 heavy (non-hydrogen) atoms. The van der Waals surface area contributed by atoms with E-state index in [0.717, 1.165) is 33.7 Å². The molecule has 0 saturated carbocycles. The zero-order valence-corrected chi connectivity index (χ0v) is 10.6. The van der Waals surface area contributed by atoms with E-state index in [1.807, 2.05) is 24.3 Å². The summed E-state index contributed by atoms with van der Waals surface area (Å²) in [6, 6.07) is 7.94. The third-order valence-electron chi connectivity index (χ3n) is 3.00. The molecule has 0 amide bonds. The molecular formula is C14H14N4O. The molecule has 0 spiro atoms. The number of hydrogen-bond acceptors (Lipinski definition) is 4. The van der Waals surface area contributed by atoms with Crippen molar-refractivity contribution in [2.24, 2.45) is 5.73 Å². The molecule has 2 aromatic heterocycles. The van der Waals surface area contributed by atoms with Gasteiger partial charge in [0.25, 0.3) is 0 Å². The molecule has 3 rings (SSSR count). The average molecular weight is 254 g/mol. The van der Waals surface area contributed by atoms with Crippen molar-refractivity contribution < 1.29 is 4.74 Å². The standard InChI is InChI=1S/C14H14N4O/c1-19-11-3-2-9-4-13(18-12(9)5-11)14-8-16-7-10(6-15)17-14/h2-5,7-8,18H,6,15H2,1H3. The van der Waals surface area contributed by atoms with Gasteiger partial charge in [0.05, 0.1) is 24.7 Å². The smallest absolute Gasteiger partial charge is 0.120 e. The number of aromatic amines is 1. The summed E-state index contributed by atoms with van der Waals surface area (Å²) >= 11 is 0. The van der Waals surface area contributed by atoms with Gasteiger partial charge in [-0.2, -0.15) is 0 Å². The second-order valence-corrected chi connectivity index (χ2v) is 4.24. The van der Waals surface area contributed by atoms with Crippen LogP contribution in [0.5, 0.6) is 5.75 Å². The lowest BCUT2D eigenvalue weighted by Crippen LogP contribution is -2.01. The Labute approximate surface area is 110 Å². The molecule has 0 fully saturated rings. The zero-order valence-electron chi connectivity index (χ0n) is 10.6. The Balaban J connectivity index is 2.09. The highest BCUT2D eigenvalue weighted by Crippen LogP contribution is 2.25. The number of nitrogens with two attached hydrogens (primary N) is 1. The third kappa shape index (κ3) is 2.15. The van der Waals surface area contributed by atoms with E-state index in [0.29, 0.717) is 6.54 Å². The molecule has 1 aromatic carbocycles. The Hall–Kier alpha value is -2.40. The monoisotopic (exact) mass is 254 g/mol. The summed E-state index contributed by atoms with van der Waals surface area (Å²) < 4.78 is 5.21. The number of nitrogens with one attached hydrogen (secondary N) is 1. The highest BCUT2D eigenvalue weighted by atomic mass is 16.5. The van der Waals surface area contributed by atoms with Crippen LogP contribution in [0.25, 0.3) is 22.3 Å². The van der Waals surface area contributed by atoms with Gasteiger partial charge >= 0.3 is 0 Å². The van der Waals surface area contributed by atoms with E-state index in [4.69, 9.17) is 10.5 Å². The predicted octanol–water partition coefficient (Wildman–Crippen LogP) is 2.09. The molecule has 0 unspecified atom stereocenters. The minimum absolute atomic E-state index is 0.384. The minimum atomic E-state index is 0.384. The van der Waals surface area contributed by atoms with Gasteiger partial charge in [-0.3, -0.25) is 4.98 Å². The maximum atomic E-state index is 5.58. The van der Waals surface area contributed by atoms with Crippen molar-refractivity contribution in [3.63, 3.8) is 0 Å². The van der Waals surface area contributed by atoms with Crippen LogP contribution in [-0.4, -0.2) is 22.1 Å². The first kappa shape index (κ1) is 11.7. The second kappa shape index (κ2) is 4.70. The molecule has 0 saturated heterocycles. The van der Waals surface area contributed by atoms with Crippen LogP contribution >= 0.6 is 0 Å². The van der Waals surface area contributed by atoms with Crippen LogP contribution in [0.3, 0.4) is 0 Å². The fourth-order valence-electron chi connectivity index (χ4n) is 2.01. The molecule has 5 heteroatoms. The van der Waals surface area contributed by atoms with Gasteiger partial charge in [-0.1, -0.05) is 0 Å². The minimum Gasteiger partial charge on any atom is -0.497 e. The van der Waals surface area contributed by atoms with Crippen molar-refractivity contribution in [3.8, 4) is 17.1 Å². The Morgan fingerprint density at radius 2 is 2.16 bits per heavy atom. The Kier molecular flexibility index (Phi) is 2.89. The van der Waals surface area contributed by atoms with Crippen LogP contribution in [-0.2, 0) is 6.54 Å². The van der Waals surface area contributed by atoms with Crippen molar-refractivity contribution in [2.75, 3.05) is 7.11 Å². The molecule has 0 bridgehead atoms. The predicted molar refractivity (Wildman–Crippen MR) is 73.8 cm³/mol. The molecule has 0 aliphatic rings. The van der Waals surface area contributed by atoms with Crippen molar-refractivity contribution in [1.29, 1.82) is 0 Å². The van der Waals surface area contributed by atoms with E-state index in [1.165, 1.54) is 0 Å². The summed E-state index contributed by atoms with van der Waals surface area (Å²) in [5.74, 6) is 0.822. The maximum absolute atomic E-state index is 5.58. The van der Waals surface area contributed by atoms with Crippen molar-refractivity contribution in [1.82, 2.24) is 15.0 Å². The number of benzene rings is 1. The van der Waals surface area contributed by atoms with Crippen molar-refractivity contribution in [2.45, 2.75) is 6.54 Å². The molecule has 0 aliphatic heterocycles. The topological polar surface area (TPSA) is 76.8 Å². The first-order chi connectivity index (χ1) is 9.30. The van der Waals surface area contributed by atoms with Gasteiger partial charge in [0.1, 0.15) is 11.4 Å². The van der Waals surface area contributed by atoms with Crippen LogP contribution in [0, 0.1) is 0 Å². The quantitative estimate of drug-likeness (QED) is 0.750. The number of rotatable bonds is 3. The number of nitrogens with zero attached hydrogens (tertiary/aromatic N) is 2. The van der Waals surface area contributed by atoms with E-state index < -0.39 is 0 Å². The Bertz CT molecular complexity index is 720. The normalized spacial score (nSPS) is 10.8. The van der Waals surface area contributed by atoms with Gasteiger partial charge in [-0.25, -0.2) is 4.98 Å². The van der Waals surface area contributed by atoms with Crippen LogP contribution in [0.15, 0.2) is 36.7 Å². The van der Waals surface area contributed by atoms with E-state index in [1.54, 1.807) is 19.5 Å². The van der Waals surface area contributed by atoms with Crippen LogP contribution < -0.4 is 10.5 Å². The highest BCUT2D eigenvalue weighted by molar-refractivity contribution is 5.86. The van der Waals surface area contributed by atoms with E-state index in [2.05, 4.69) is 15.0 Å². The SMILES string of the molecule is COc1ccc2cc(-c3cncc(CN)n3)[nH]c2c1. The summed E-state index contributed by atoms with van der Waals surface area (Å²) in [6.07, 6.45) is 3.40. The largest absolute Gasteiger partial charge is 0.497 e. The molecule has 3 N–H and O–H groups in total. The van der Waals surface area contributed by atoms with Crippen molar-refractivity contribution >= 4 is 10.9 Å². The van der Waals surface area contributed by atoms with E-state index in [-0.39, 0.29) is 0 Å². The number of hydrogen-bond donors (Lipinski definition) is 2. The fourth-order valence-corrected chi connectivity index (χ4v) is 2.01. The molecule has 0 radical (unpaired) electrons.